The summed E-state index contributed by atoms with van der Waals surface area (Å²) in [5.74, 6) is 0.0879. The number of aryl methyl sites for hydroxylation is 1. The summed E-state index contributed by atoms with van der Waals surface area (Å²) >= 11 is 0. The lowest BCUT2D eigenvalue weighted by molar-refractivity contribution is -0.116. The number of rotatable bonds is 3. The lowest BCUT2D eigenvalue weighted by Gasteiger charge is -2.17. The van der Waals surface area contributed by atoms with Crippen molar-refractivity contribution in [2.24, 2.45) is 5.16 Å². The molecule has 1 heterocycles. The molecule has 0 bridgehead atoms. The van der Waals surface area contributed by atoms with Crippen molar-refractivity contribution in [2.45, 2.75) is 26.7 Å². The smallest absolute Gasteiger partial charge is 0.224 e. The van der Waals surface area contributed by atoms with Crippen molar-refractivity contribution in [1.29, 1.82) is 0 Å². The van der Waals surface area contributed by atoms with Gasteiger partial charge in [0.25, 0.3) is 0 Å². The molecule has 1 aliphatic heterocycles. The predicted octanol–water partition coefficient (Wildman–Crippen LogP) is 2.33. The fourth-order valence-electron chi connectivity index (χ4n) is 1.82. The van der Waals surface area contributed by atoms with E-state index in [1.807, 2.05) is 26.0 Å². The van der Waals surface area contributed by atoms with Crippen LogP contribution in [0.25, 0.3) is 0 Å². The minimum absolute atomic E-state index is 0.0879. The molecule has 2 rings (SSSR count). The van der Waals surface area contributed by atoms with Crippen molar-refractivity contribution < 1.29 is 9.63 Å². The molecule has 1 aromatic rings. The largest absolute Gasteiger partial charge is 0.396 e. The number of oxime groups is 1. The van der Waals surface area contributed by atoms with Gasteiger partial charge in [0.05, 0.1) is 5.71 Å². The van der Waals surface area contributed by atoms with Crippen molar-refractivity contribution >= 4 is 17.3 Å². The van der Waals surface area contributed by atoms with Crippen molar-refractivity contribution in [2.75, 3.05) is 11.9 Å². The third kappa shape index (κ3) is 2.64. The first-order valence-electron chi connectivity index (χ1n) is 5.80. The van der Waals surface area contributed by atoms with Gasteiger partial charge in [0, 0.05) is 12.1 Å². The van der Waals surface area contributed by atoms with E-state index in [1.165, 1.54) is 0 Å². The first kappa shape index (κ1) is 11.6. The maximum absolute atomic E-state index is 11.2. The Kier molecular flexibility index (Phi) is 3.42. The number of amides is 1. The maximum atomic E-state index is 11.2. The highest BCUT2D eigenvalue weighted by atomic mass is 16.6. The molecule has 4 nitrogen and oxygen atoms in total. The summed E-state index contributed by atoms with van der Waals surface area (Å²) in [6.07, 6.45) is 1.34. The number of carbonyl (C=O) groups is 1. The van der Waals surface area contributed by atoms with Crippen LogP contribution in [0.1, 0.15) is 31.4 Å². The zero-order valence-electron chi connectivity index (χ0n) is 10.1. The van der Waals surface area contributed by atoms with E-state index in [4.69, 9.17) is 4.84 Å². The van der Waals surface area contributed by atoms with Crippen LogP contribution in [0.2, 0.25) is 0 Å². The van der Waals surface area contributed by atoms with Crippen molar-refractivity contribution in [3.63, 3.8) is 0 Å². The zero-order chi connectivity index (χ0) is 12.3. The Morgan fingerprint density at radius 1 is 1.47 bits per heavy atom. The van der Waals surface area contributed by atoms with E-state index < -0.39 is 0 Å². The van der Waals surface area contributed by atoms with Crippen molar-refractivity contribution in [1.82, 2.24) is 0 Å². The van der Waals surface area contributed by atoms with Crippen LogP contribution in [0, 0.1) is 0 Å². The minimum Gasteiger partial charge on any atom is -0.396 e. The Labute approximate surface area is 101 Å². The first-order valence-corrected chi connectivity index (χ1v) is 5.80. The van der Waals surface area contributed by atoms with Gasteiger partial charge in [0.1, 0.15) is 6.61 Å². The van der Waals surface area contributed by atoms with Crippen molar-refractivity contribution in [3.05, 3.63) is 29.3 Å². The summed E-state index contributed by atoms with van der Waals surface area (Å²) in [5.41, 5.74) is 3.96. The molecule has 0 aliphatic carbocycles. The summed E-state index contributed by atoms with van der Waals surface area (Å²) in [6.45, 7) is 4.39. The second-order valence-corrected chi connectivity index (χ2v) is 4.01. The molecule has 0 saturated carbocycles. The molecular weight excluding hydrogens is 216 g/mol. The lowest BCUT2D eigenvalue weighted by atomic mass is 9.99. The second kappa shape index (κ2) is 4.99. The number of nitrogens with one attached hydrogen (secondary N) is 1. The third-order valence-corrected chi connectivity index (χ3v) is 2.75. The summed E-state index contributed by atoms with van der Waals surface area (Å²) in [5, 5.41) is 6.87. The molecule has 1 amide bonds. The number of fused-ring (bicyclic) bond motifs is 1. The molecule has 1 aromatic carbocycles. The quantitative estimate of drug-likeness (QED) is 0.642. The van der Waals surface area contributed by atoms with Crippen LogP contribution in [0.15, 0.2) is 23.4 Å². The van der Waals surface area contributed by atoms with E-state index in [2.05, 4.69) is 16.5 Å². The molecule has 90 valence electrons. The summed E-state index contributed by atoms with van der Waals surface area (Å²) < 4.78 is 0. The van der Waals surface area contributed by atoms with Gasteiger partial charge in [0.2, 0.25) is 5.91 Å². The Balaban J connectivity index is 2.25. The van der Waals surface area contributed by atoms with Gasteiger partial charge in [-0.25, -0.2) is 0 Å². The molecule has 17 heavy (non-hydrogen) atoms. The molecule has 0 radical (unpaired) electrons. The van der Waals surface area contributed by atoms with Gasteiger partial charge in [-0.3, -0.25) is 4.79 Å². The van der Waals surface area contributed by atoms with E-state index in [-0.39, 0.29) is 5.91 Å². The standard InChI is InChI=1S/C13H16N2O2/c1-3-17-15-9(2)10-4-6-12-11(8-10)5-7-13(16)14-12/h4,6,8H,3,5,7H2,1-2H3,(H,14,16). The third-order valence-electron chi connectivity index (χ3n) is 2.75. The van der Waals surface area contributed by atoms with Crippen LogP contribution in [0.4, 0.5) is 5.69 Å². The average Bonchev–Trinajstić information content (AvgIpc) is 2.35. The maximum Gasteiger partial charge on any atom is 0.224 e. The molecule has 4 heteroatoms. The van der Waals surface area contributed by atoms with E-state index in [0.717, 1.165) is 28.9 Å². The summed E-state index contributed by atoms with van der Waals surface area (Å²) in [6, 6.07) is 5.93. The number of anilines is 1. The molecule has 0 saturated heterocycles. The van der Waals surface area contributed by atoms with Gasteiger partial charge in [-0.05, 0) is 43.5 Å². The molecule has 1 aliphatic rings. The van der Waals surface area contributed by atoms with E-state index >= 15 is 0 Å². The minimum atomic E-state index is 0.0879. The van der Waals surface area contributed by atoms with Gasteiger partial charge in [-0.1, -0.05) is 11.2 Å². The van der Waals surface area contributed by atoms with Crippen LogP contribution in [0.5, 0.6) is 0 Å². The fraction of sp³-hybridized carbons (Fsp3) is 0.385. The topological polar surface area (TPSA) is 50.7 Å². The van der Waals surface area contributed by atoms with Crippen LogP contribution in [-0.2, 0) is 16.1 Å². The fourth-order valence-corrected chi connectivity index (χ4v) is 1.82. The average molecular weight is 232 g/mol. The SMILES string of the molecule is CCON=C(C)c1ccc2c(c1)CCC(=O)N2. The van der Waals surface area contributed by atoms with Gasteiger partial charge >= 0.3 is 0 Å². The second-order valence-electron chi connectivity index (χ2n) is 4.01. The molecule has 0 spiro atoms. The molecular formula is C13H16N2O2. The summed E-state index contributed by atoms with van der Waals surface area (Å²) in [4.78, 5) is 16.3. The number of hydrogen-bond acceptors (Lipinski definition) is 3. The van der Waals surface area contributed by atoms with Gasteiger partial charge in [-0.2, -0.15) is 0 Å². The molecule has 0 unspecified atom stereocenters. The highest BCUT2D eigenvalue weighted by molar-refractivity contribution is 6.00. The molecule has 0 atom stereocenters. The number of nitrogens with zero attached hydrogens (tertiary/aromatic N) is 1. The van der Waals surface area contributed by atoms with Crippen molar-refractivity contribution in [3.8, 4) is 0 Å². The Hall–Kier alpha value is -1.84. The Morgan fingerprint density at radius 3 is 3.06 bits per heavy atom. The Morgan fingerprint density at radius 2 is 2.29 bits per heavy atom. The van der Waals surface area contributed by atoms with Crippen LogP contribution in [-0.4, -0.2) is 18.2 Å². The van der Waals surface area contributed by atoms with Crippen LogP contribution < -0.4 is 5.32 Å². The molecule has 0 aromatic heterocycles. The van der Waals surface area contributed by atoms with Crippen LogP contribution >= 0.6 is 0 Å². The van der Waals surface area contributed by atoms with Crippen LogP contribution in [0.3, 0.4) is 0 Å². The molecule has 0 fully saturated rings. The normalized spacial score (nSPS) is 15.2. The highest BCUT2D eigenvalue weighted by Crippen LogP contribution is 2.23. The predicted molar refractivity (Wildman–Crippen MR) is 67.2 cm³/mol. The Bertz CT molecular complexity index is 466. The van der Waals surface area contributed by atoms with Gasteiger partial charge < -0.3 is 10.2 Å². The highest BCUT2D eigenvalue weighted by Gasteiger charge is 2.15. The van der Waals surface area contributed by atoms with E-state index in [9.17, 15) is 4.79 Å². The molecule has 1 N–H and O–H groups in total. The van der Waals surface area contributed by atoms with Gasteiger partial charge in [0.15, 0.2) is 0 Å². The first-order chi connectivity index (χ1) is 8.20. The van der Waals surface area contributed by atoms with E-state index in [0.29, 0.717) is 13.0 Å². The number of carbonyl (C=O) groups excluding carboxylic acids is 1. The number of benzene rings is 1. The lowest BCUT2D eigenvalue weighted by Crippen LogP contribution is -2.19. The van der Waals surface area contributed by atoms with E-state index in [1.54, 1.807) is 0 Å². The monoisotopic (exact) mass is 232 g/mol. The number of hydrogen-bond donors (Lipinski definition) is 1. The zero-order valence-corrected chi connectivity index (χ0v) is 10.1. The summed E-state index contributed by atoms with van der Waals surface area (Å²) in [7, 11) is 0. The van der Waals surface area contributed by atoms with Gasteiger partial charge in [-0.15, -0.1) is 0 Å².